The van der Waals surface area contributed by atoms with Crippen molar-refractivity contribution in [1.29, 1.82) is 0 Å². The third kappa shape index (κ3) is 6.41. The van der Waals surface area contributed by atoms with Gasteiger partial charge in [-0.25, -0.2) is 4.79 Å². The molecule has 0 bridgehead atoms. The Kier molecular flexibility index (Phi) is 7.56. The van der Waals surface area contributed by atoms with E-state index in [0.29, 0.717) is 17.2 Å². The number of pyridine rings is 1. The highest BCUT2D eigenvalue weighted by atomic mass is 19.4. The molecule has 1 saturated carbocycles. The van der Waals surface area contributed by atoms with Gasteiger partial charge in [-0.3, -0.25) is 14.7 Å². The molecule has 0 unspecified atom stereocenters. The Morgan fingerprint density at radius 3 is 2.29 bits per heavy atom. The fraction of sp³-hybridized carbons (Fsp3) is 0.682. The highest BCUT2D eigenvalue weighted by Crippen LogP contribution is 2.41. The summed E-state index contributed by atoms with van der Waals surface area (Å²) in [5.41, 5.74) is 1.61. The van der Waals surface area contributed by atoms with E-state index in [9.17, 15) is 18.0 Å². The van der Waals surface area contributed by atoms with Crippen LogP contribution in [0.1, 0.15) is 50.6 Å². The highest BCUT2D eigenvalue weighted by molar-refractivity contribution is 5.79. The van der Waals surface area contributed by atoms with Gasteiger partial charge in [0.25, 0.3) is 0 Å². The number of hydrogen-bond donors (Lipinski definition) is 1. The fourth-order valence-corrected chi connectivity index (χ4v) is 4.69. The summed E-state index contributed by atoms with van der Waals surface area (Å²) in [6.45, 7) is 5.28. The van der Waals surface area contributed by atoms with Crippen LogP contribution >= 0.6 is 0 Å². The zero-order chi connectivity index (χ0) is 22.5. The largest absolute Gasteiger partial charge is 0.490 e. The van der Waals surface area contributed by atoms with E-state index < -0.39 is 12.1 Å². The number of piperidine rings is 2. The Hall–Kier alpha value is -2.16. The first-order chi connectivity index (χ1) is 14.7. The first-order valence-corrected chi connectivity index (χ1v) is 10.9. The summed E-state index contributed by atoms with van der Waals surface area (Å²) in [4.78, 5) is 30.6. The van der Waals surface area contributed by atoms with Crippen molar-refractivity contribution in [2.75, 3.05) is 26.2 Å². The molecule has 2 saturated heterocycles. The Labute approximate surface area is 180 Å². The number of carbonyl (C=O) groups excluding carboxylic acids is 1. The molecule has 0 aromatic carbocycles. The predicted octanol–water partition coefficient (Wildman–Crippen LogP) is 3.72. The number of hydrogen-bond acceptors (Lipinski definition) is 4. The number of nitrogens with zero attached hydrogens (tertiary/aromatic N) is 3. The van der Waals surface area contributed by atoms with Crippen molar-refractivity contribution >= 4 is 11.9 Å². The second-order valence-corrected chi connectivity index (χ2v) is 8.89. The zero-order valence-corrected chi connectivity index (χ0v) is 17.6. The van der Waals surface area contributed by atoms with E-state index in [1.807, 2.05) is 12.3 Å². The number of amides is 1. The summed E-state index contributed by atoms with van der Waals surface area (Å²) in [5, 5.41) is 7.12. The van der Waals surface area contributed by atoms with Gasteiger partial charge in [-0.2, -0.15) is 13.2 Å². The van der Waals surface area contributed by atoms with E-state index in [4.69, 9.17) is 9.90 Å². The maximum atomic E-state index is 12.5. The van der Waals surface area contributed by atoms with E-state index in [1.54, 1.807) is 0 Å². The van der Waals surface area contributed by atoms with Crippen LogP contribution in [-0.2, 0) is 16.1 Å². The average molecular weight is 441 g/mol. The van der Waals surface area contributed by atoms with Crippen molar-refractivity contribution in [3.05, 3.63) is 30.1 Å². The number of halogens is 3. The summed E-state index contributed by atoms with van der Waals surface area (Å²) in [6.07, 6.45) is 5.28. The maximum Gasteiger partial charge on any atom is 0.490 e. The van der Waals surface area contributed by atoms with E-state index in [-0.39, 0.29) is 0 Å². The number of aliphatic carboxylic acids is 1. The van der Waals surface area contributed by atoms with Gasteiger partial charge in [-0.15, -0.1) is 0 Å². The van der Waals surface area contributed by atoms with E-state index in [0.717, 1.165) is 32.5 Å². The summed E-state index contributed by atoms with van der Waals surface area (Å²) in [6, 6.07) is 6.18. The molecule has 3 aliphatic rings. The molecule has 1 aliphatic carbocycles. The third-order valence-electron chi connectivity index (χ3n) is 6.68. The lowest BCUT2D eigenvalue weighted by Gasteiger charge is -2.48. The Morgan fingerprint density at radius 2 is 1.77 bits per heavy atom. The molecular weight excluding hydrogens is 411 g/mol. The van der Waals surface area contributed by atoms with Gasteiger partial charge in [0.1, 0.15) is 0 Å². The van der Waals surface area contributed by atoms with Crippen LogP contribution in [0.3, 0.4) is 0 Å². The van der Waals surface area contributed by atoms with E-state index in [1.165, 1.54) is 50.9 Å². The van der Waals surface area contributed by atoms with Crippen molar-refractivity contribution < 1.29 is 27.9 Å². The van der Waals surface area contributed by atoms with Crippen LogP contribution in [0.4, 0.5) is 13.2 Å². The molecule has 1 aromatic rings. The lowest BCUT2D eigenvalue weighted by Crippen LogP contribution is -2.51. The van der Waals surface area contributed by atoms with Gasteiger partial charge in [0.2, 0.25) is 5.91 Å². The second kappa shape index (κ2) is 9.97. The number of carboxylic acid groups (broad SMARTS) is 1. The molecule has 1 N–H and O–H groups in total. The third-order valence-corrected chi connectivity index (χ3v) is 6.68. The van der Waals surface area contributed by atoms with Crippen LogP contribution in [0, 0.1) is 11.3 Å². The fourth-order valence-electron chi connectivity index (χ4n) is 4.69. The molecule has 9 heteroatoms. The van der Waals surface area contributed by atoms with Crippen molar-refractivity contribution in [2.24, 2.45) is 11.3 Å². The molecule has 1 spiro atoms. The minimum Gasteiger partial charge on any atom is -0.475 e. The molecule has 172 valence electrons. The molecule has 0 atom stereocenters. The van der Waals surface area contributed by atoms with Gasteiger partial charge in [0.15, 0.2) is 0 Å². The first-order valence-electron chi connectivity index (χ1n) is 10.9. The first kappa shape index (κ1) is 23.5. The van der Waals surface area contributed by atoms with Crippen molar-refractivity contribution in [1.82, 2.24) is 14.8 Å². The average Bonchev–Trinajstić information content (AvgIpc) is 2.68. The van der Waals surface area contributed by atoms with Gasteiger partial charge in [-0.05, 0) is 62.6 Å². The van der Waals surface area contributed by atoms with Crippen molar-refractivity contribution in [3.8, 4) is 0 Å². The SMILES string of the molecule is O=C(C1CCC1)N1CCC2(CCCN(Cc3ccccn3)C2)CC1.O=C(O)C(F)(F)F. The van der Waals surface area contributed by atoms with Gasteiger partial charge >= 0.3 is 12.1 Å². The Balaban J connectivity index is 0.000000339. The number of carbonyl (C=O) groups is 2. The van der Waals surface area contributed by atoms with Crippen LogP contribution in [-0.4, -0.2) is 64.1 Å². The Morgan fingerprint density at radius 1 is 1.10 bits per heavy atom. The highest BCUT2D eigenvalue weighted by Gasteiger charge is 2.41. The number of carboxylic acids is 1. The van der Waals surface area contributed by atoms with Crippen LogP contribution in [0.15, 0.2) is 24.4 Å². The number of aromatic nitrogens is 1. The molecule has 1 amide bonds. The maximum absolute atomic E-state index is 12.5. The second-order valence-electron chi connectivity index (χ2n) is 8.89. The summed E-state index contributed by atoms with van der Waals surface area (Å²) in [7, 11) is 0. The number of likely N-dealkylation sites (tertiary alicyclic amines) is 2. The quantitative estimate of drug-likeness (QED) is 0.774. The summed E-state index contributed by atoms with van der Waals surface area (Å²) in [5.74, 6) is -1.96. The zero-order valence-electron chi connectivity index (χ0n) is 17.6. The summed E-state index contributed by atoms with van der Waals surface area (Å²) < 4.78 is 31.7. The van der Waals surface area contributed by atoms with Crippen molar-refractivity contribution in [2.45, 2.75) is 57.7 Å². The molecule has 0 radical (unpaired) electrons. The molecule has 6 nitrogen and oxygen atoms in total. The lowest BCUT2D eigenvalue weighted by atomic mass is 9.72. The lowest BCUT2D eigenvalue weighted by molar-refractivity contribution is -0.192. The van der Waals surface area contributed by atoms with Crippen LogP contribution in [0.25, 0.3) is 0 Å². The molecule has 3 heterocycles. The molecule has 31 heavy (non-hydrogen) atoms. The van der Waals surface area contributed by atoms with Gasteiger partial charge in [0.05, 0.1) is 5.69 Å². The van der Waals surface area contributed by atoms with E-state index in [2.05, 4.69) is 26.9 Å². The molecule has 3 fully saturated rings. The van der Waals surface area contributed by atoms with Gasteiger partial charge in [0, 0.05) is 38.3 Å². The normalized spacial score (nSPS) is 21.7. The smallest absolute Gasteiger partial charge is 0.475 e. The predicted molar refractivity (Wildman–Crippen MR) is 108 cm³/mol. The van der Waals surface area contributed by atoms with Gasteiger partial charge in [-0.1, -0.05) is 12.5 Å². The monoisotopic (exact) mass is 441 g/mol. The standard InChI is InChI=1S/C20H29N3O.C2HF3O2/c24-19(17-5-3-6-17)23-13-9-20(10-14-23)8-4-12-22(16-20)15-18-7-1-2-11-21-18;3-2(4,5)1(6)7/h1-2,7,11,17H,3-6,8-10,12-16H2;(H,6,7). The van der Waals surface area contributed by atoms with Crippen LogP contribution in [0.5, 0.6) is 0 Å². The topological polar surface area (TPSA) is 73.7 Å². The number of alkyl halides is 3. The minimum absolute atomic E-state index is 0.353. The molecular formula is C22H30F3N3O3. The van der Waals surface area contributed by atoms with Crippen molar-refractivity contribution in [3.63, 3.8) is 0 Å². The molecule has 4 rings (SSSR count). The van der Waals surface area contributed by atoms with Crippen LogP contribution in [0.2, 0.25) is 0 Å². The Bertz CT molecular complexity index is 745. The van der Waals surface area contributed by atoms with E-state index >= 15 is 0 Å². The van der Waals surface area contributed by atoms with Crippen LogP contribution < -0.4 is 0 Å². The summed E-state index contributed by atoms with van der Waals surface area (Å²) >= 11 is 0. The molecule has 1 aromatic heterocycles. The molecule has 2 aliphatic heterocycles. The number of rotatable bonds is 3. The van der Waals surface area contributed by atoms with Gasteiger partial charge < -0.3 is 10.0 Å². The minimum atomic E-state index is -5.08.